The zero-order valence-corrected chi connectivity index (χ0v) is 18.6. The van der Waals surface area contributed by atoms with Crippen molar-refractivity contribution in [3.8, 4) is 11.5 Å². The summed E-state index contributed by atoms with van der Waals surface area (Å²) in [7, 11) is 0. The zero-order chi connectivity index (χ0) is 21.8. The maximum Gasteiger partial charge on any atom is 0.228 e. The van der Waals surface area contributed by atoms with Crippen LogP contribution in [0.5, 0.6) is 11.5 Å². The summed E-state index contributed by atoms with van der Waals surface area (Å²) in [5, 5.41) is 3.12. The Bertz CT molecular complexity index is 1170. The van der Waals surface area contributed by atoms with E-state index in [2.05, 4.69) is 26.1 Å². The molecule has 0 spiro atoms. The molecule has 0 aliphatic heterocycles. The summed E-state index contributed by atoms with van der Waals surface area (Å²) in [5.41, 5.74) is 3.17. The molecule has 4 nitrogen and oxygen atoms in total. The minimum atomic E-state index is -0.663. The second kappa shape index (κ2) is 9.29. The summed E-state index contributed by atoms with van der Waals surface area (Å²) in [6.45, 7) is 11.0. The highest BCUT2D eigenvalue weighted by Crippen LogP contribution is 2.36. The Labute approximate surface area is 187 Å². The lowest BCUT2D eigenvalue weighted by Gasteiger charge is -2.13. The van der Waals surface area contributed by atoms with Gasteiger partial charge < -0.3 is 10.1 Å². The Morgan fingerprint density at radius 1 is 1.20 bits per heavy atom. The molecule has 0 atom stereocenters. The number of hydrogen-bond acceptors (Lipinski definition) is 2. The number of nitrogens with zero attached hydrogens (tertiary/aromatic N) is 1. The Kier molecular flexibility index (Phi) is 6.76. The van der Waals surface area contributed by atoms with E-state index in [4.69, 9.17) is 22.9 Å². The van der Waals surface area contributed by atoms with Gasteiger partial charge in [0.15, 0.2) is 17.3 Å². The number of benzene rings is 3. The molecule has 1 N–H and O–H groups in total. The molecule has 3 aromatic rings. The van der Waals surface area contributed by atoms with Gasteiger partial charge in [-0.3, -0.25) is 4.79 Å². The number of hydrogen-bond donors (Lipinski definition) is 1. The highest BCUT2D eigenvalue weighted by atomic mass is 79.9. The molecular formula is C23H17BrClFN2O2. The van der Waals surface area contributed by atoms with Crippen LogP contribution in [0, 0.1) is 26.2 Å². The molecule has 3 rings (SSSR count). The first kappa shape index (κ1) is 21.8. The molecule has 0 aromatic heterocycles. The van der Waals surface area contributed by atoms with Crippen molar-refractivity contribution in [1.82, 2.24) is 0 Å². The molecule has 0 saturated carbocycles. The average Bonchev–Trinajstić information content (AvgIpc) is 2.69. The molecule has 152 valence electrons. The third-order valence-corrected chi connectivity index (χ3v) is 5.18. The number of carbonyl (C=O) groups is 1. The van der Waals surface area contributed by atoms with Crippen molar-refractivity contribution in [2.45, 2.75) is 20.3 Å². The standard InChI is InChI=1S/C23H17BrClFN2O2/c1-13-4-7-20(14(2)8-13)28-21(29)9-15-5-6-19(24)23(22(15)26)30-18-11-16(25)10-17(12-18)27-3/h4-8,10-12H,9H2,1-2H3,(H,28,29). The van der Waals surface area contributed by atoms with Crippen molar-refractivity contribution in [1.29, 1.82) is 0 Å². The minimum Gasteiger partial charge on any atom is -0.454 e. The zero-order valence-electron chi connectivity index (χ0n) is 16.2. The second-order valence-electron chi connectivity index (χ2n) is 6.75. The fraction of sp³-hybridized carbons (Fsp3) is 0.130. The van der Waals surface area contributed by atoms with Crippen molar-refractivity contribution < 1.29 is 13.9 Å². The van der Waals surface area contributed by atoms with Crippen LogP contribution in [0.2, 0.25) is 5.02 Å². The summed E-state index contributed by atoms with van der Waals surface area (Å²) in [6, 6.07) is 13.3. The van der Waals surface area contributed by atoms with Gasteiger partial charge in [0.1, 0.15) is 5.75 Å². The largest absolute Gasteiger partial charge is 0.454 e. The Hall–Kier alpha value is -2.88. The number of anilines is 1. The second-order valence-corrected chi connectivity index (χ2v) is 8.04. The van der Waals surface area contributed by atoms with Gasteiger partial charge >= 0.3 is 0 Å². The van der Waals surface area contributed by atoms with Crippen molar-refractivity contribution in [3.63, 3.8) is 0 Å². The minimum absolute atomic E-state index is 0.0787. The van der Waals surface area contributed by atoms with Crippen molar-refractivity contribution in [2.24, 2.45) is 0 Å². The highest BCUT2D eigenvalue weighted by Gasteiger charge is 2.18. The summed E-state index contributed by atoms with van der Waals surface area (Å²) in [6.07, 6.45) is -0.161. The van der Waals surface area contributed by atoms with E-state index >= 15 is 4.39 Å². The summed E-state index contributed by atoms with van der Waals surface area (Å²) >= 11 is 9.26. The average molecular weight is 488 g/mol. The van der Waals surface area contributed by atoms with Crippen LogP contribution in [0.4, 0.5) is 15.8 Å². The molecule has 0 aliphatic rings. The maximum absolute atomic E-state index is 15.1. The number of amides is 1. The Morgan fingerprint density at radius 3 is 2.67 bits per heavy atom. The third kappa shape index (κ3) is 5.18. The molecule has 0 fully saturated rings. The van der Waals surface area contributed by atoms with E-state index in [0.29, 0.717) is 15.2 Å². The maximum atomic E-state index is 15.1. The van der Waals surface area contributed by atoms with Gasteiger partial charge in [0.05, 0.1) is 17.5 Å². The van der Waals surface area contributed by atoms with Crippen LogP contribution in [0.15, 0.2) is 53.0 Å². The predicted octanol–water partition coefficient (Wildman–Crippen LogP) is 7.38. The van der Waals surface area contributed by atoms with Crippen LogP contribution in [0.25, 0.3) is 4.85 Å². The lowest BCUT2D eigenvalue weighted by atomic mass is 10.1. The first-order chi connectivity index (χ1) is 14.3. The molecular weight excluding hydrogens is 471 g/mol. The molecule has 0 unspecified atom stereocenters. The SMILES string of the molecule is [C-]#[N+]c1cc(Cl)cc(Oc2c(Br)ccc(CC(=O)Nc3ccc(C)cc3C)c2F)c1. The fourth-order valence-electron chi connectivity index (χ4n) is 2.91. The molecule has 30 heavy (non-hydrogen) atoms. The predicted molar refractivity (Wildman–Crippen MR) is 120 cm³/mol. The Morgan fingerprint density at radius 2 is 1.97 bits per heavy atom. The van der Waals surface area contributed by atoms with Gasteiger partial charge in [-0.15, -0.1) is 0 Å². The molecule has 0 saturated heterocycles. The van der Waals surface area contributed by atoms with Crippen LogP contribution in [0.3, 0.4) is 0 Å². The number of carbonyl (C=O) groups excluding carboxylic acids is 1. The van der Waals surface area contributed by atoms with E-state index in [0.717, 1.165) is 11.1 Å². The fourth-order valence-corrected chi connectivity index (χ4v) is 3.52. The van der Waals surface area contributed by atoms with Gasteiger partial charge in [-0.2, -0.15) is 0 Å². The van der Waals surface area contributed by atoms with Gasteiger partial charge in [-0.05, 0) is 65.7 Å². The van der Waals surface area contributed by atoms with Crippen LogP contribution >= 0.6 is 27.5 Å². The van der Waals surface area contributed by atoms with E-state index in [1.807, 2.05) is 32.0 Å². The van der Waals surface area contributed by atoms with E-state index in [9.17, 15) is 4.79 Å². The van der Waals surface area contributed by atoms with Gasteiger partial charge in [0, 0.05) is 16.3 Å². The highest BCUT2D eigenvalue weighted by molar-refractivity contribution is 9.10. The van der Waals surface area contributed by atoms with Crippen LogP contribution in [0.1, 0.15) is 16.7 Å². The van der Waals surface area contributed by atoms with Gasteiger partial charge in [0.25, 0.3) is 0 Å². The lowest BCUT2D eigenvalue weighted by Crippen LogP contribution is -2.16. The number of aryl methyl sites for hydroxylation is 2. The van der Waals surface area contributed by atoms with Crippen LogP contribution < -0.4 is 10.1 Å². The molecule has 7 heteroatoms. The van der Waals surface area contributed by atoms with Gasteiger partial charge in [-0.1, -0.05) is 35.4 Å². The van der Waals surface area contributed by atoms with Crippen molar-refractivity contribution in [2.75, 3.05) is 5.32 Å². The molecule has 3 aromatic carbocycles. The molecule has 1 amide bonds. The number of nitrogens with one attached hydrogen (secondary N) is 1. The quantitative estimate of drug-likeness (QED) is 0.381. The summed E-state index contributed by atoms with van der Waals surface area (Å²) in [4.78, 5) is 15.8. The normalized spacial score (nSPS) is 10.4. The van der Waals surface area contributed by atoms with Crippen molar-refractivity contribution >= 4 is 44.8 Å². The topological polar surface area (TPSA) is 42.7 Å². The molecule has 0 radical (unpaired) electrons. The monoisotopic (exact) mass is 486 g/mol. The van der Waals surface area contributed by atoms with Crippen molar-refractivity contribution in [3.05, 3.63) is 92.0 Å². The molecule has 0 aliphatic carbocycles. The van der Waals surface area contributed by atoms with E-state index in [1.165, 1.54) is 24.3 Å². The van der Waals surface area contributed by atoms with E-state index < -0.39 is 5.82 Å². The Balaban J connectivity index is 1.83. The number of halogens is 3. The summed E-state index contributed by atoms with van der Waals surface area (Å²) in [5.74, 6) is -0.855. The van der Waals surface area contributed by atoms with Crippen LogP contribution in [-0.2, 0) is 11.2 Å². The van der Waals surface area contributed by atoms with Gasteiger partial charge in [-0.25, -0.2) is 9.24 Å². The first-order valence-electron chi connectivity index (χ1n) is 8.96. The molecule has 0 heterocycles. The van der Waals surface area contributed by atoms with Crippen LogP contribution in [-0.4, -0.2) is 5.91 Å². The van der Waals surface area contributed by atoms with E-state index in [1.54, 1.807) is 6.07 Å². The third-order valence-electron chi connectivity index (χ3n) is 4.34. The summed E-state index contributed by atoms with van der Waals surface area (Å²) < 4.78 is 21.1. The smallest absolute Gasteiger partial charge is 0.228 e. The van der Waals surface area contributed by atoms with E-state index in [-0.39, 0.29) is 35.1 Å². The number of rotatable bonds is 5. The lowest BCUT2D eigenvalue weighted by molar-refractivity contribution is -0.115. The number of ether oxygens (including phenoxy) is 1. The van der Waals surface area contributed by atoms with Gasteiger partial charge in [0.2, 0.25) is 5.91 Å². The first-order valence-corrected chi connectivity index (χ1v) is 10.1. The molecule has 0 bridgehead atoms.